The van der Waals surface area contributed by atoms with Crippen LogP contribution < -0.4 is 16.2 Å². The quantitative estimate of drug-likeness (QED) is 0.410. The Labute approximate surface area is 141 Å². The van der Waals surface area contributed by atoms with Crippen molar-refractivity contribution >= 4 is 14.0 Å². The van der Waals surface area contributed by atoms with Gasteiger partial charge in [-0.05, 0) is 35.8 Å². The smallest absolute Gasteiger partial charge is 0.192 e. The zero-order chi connectivity index (χ0) is 17.5. The Hall–Kier alpha value is -1.08. The van der Waals surface area contributed by atoms with Gasteiger partial charge in [0.05, 0.1) is 25.5 Å². The van der Waals surface area contributed by atoms with Crippen LogP contribution in [0.5, 0.6) is 5.75 Å². The molecular formula is C17H32N2O3Si. The molecule has 1 rings (SSSR count). The zero-order valence-electron chi connectivity index (χ0n) is 15.1. The van der Waals surface area contributed by atoms with Crippen LogP contribution >= 0.6 is 0 Å². The van der Waals surface area contributed by atoms with E-state index in [-0.39, 0.29) is 5.04 Å². The lowest BCUT2D eigenvalue weighted by Crippen LogP contribution is -2.40. The first-order valence-corrected chi connectivity index (χ1v) is 11.0. The number of anilines is 1. The molecule has 0 fully saturated rings. The zero-order valence-corrected chi connectivity index (χ0v) is 16.1. The van der Waals surface area contributed by atoms with Gasteiger partial charge in [0.1, 0.15) is 12.4 Å². The summed E-state index contributed by atoms with van der Waals surface area (Å²) in [5.74, 6) is 0.678. The summed E-state index contributed by atoms with van der Waals surface area (Å²) >= 11 is 0. The fourth-order valence-corrected chi connectivity index (χ4v) is 2.63. The Morgan fingerprint density at radius 2 is 1.78 bits per heavy atom. The average Bonchev–Trinajstić information content (AvgIpc) is 2.46. The van der Waals surface area contributed by atoms with Gasteiger partial charge in [-0.15, -0.1) is 0 Å². The first-order valence-electron chi connectivity index (χ1n) is 8.10. The van der Waals surface area contributed by atoms with Crippen molar-refractivity contribution in [2.24, 2.45) is 5.73 Å². The maximum Gasteiger partial charge on any atom is 0.192 e. The van der Waals surface area contributed by atoms with E-state index >= 15 is 0 Å². The van der Waals surface area contributed by atoms with E-state index in [1.165, 1.54) is 0 Å². The van der Waals surface area contributed by atoms with Crippen LogP contribution in [0.4, 0.5) is 5.69 Å². The highest BCUT2D eigenvalue weighted by Gasteiger charge is 2.37. The van der Waals surface area contributed by atoms with Gasteiger partial charge in [-0.25, -0.2) is 0 Å². The molecule has 0 atom stereocenters. The standard InChI is InChI=1S/C17H32N2O3Si/c1-17(2,3)23(4,5)22-13-14-6-7-15(19)16(12-14)21-11-10-20-9-8-18/h6-7,12H,8-11,13,18-19H2,1-5H3. The van der Waals surface area contributed by atoms with Crippen LogP contribution in [0, 0.1) is 0 Å². The van der Waals surface area contributed by atoms with Gasteiger partial charge in [0.2, 0.25) is 0 Å². The van der Waals surface area contributed by atoms with Crippen LogP contribution in [-0.2, 0) is 15.8 Å². The number of nitrogens with two attached hydrogens (primary N) is 2. The van der Waals surface area contributed by atoms with Crippen LogP contribution in [0.1, 0.15) is 26.3 Å². The monoisotopic (exact) mass is 340 g/mol. The van der Waals surface area contributed by atoms with Gasteiger partial charge in [0.25, 0.3) is 0 Å². The lowest BCUT2D eigenvalue weighted by atomic mass is 10.2. The van der Waals surface area contributed by atoms with Crippen LogP contribution in [0.15, 0.2) is 18.2 Å². The van der Waals surface area contributed by atoms with Crippen molar-refractivity contribution in [3.63, 3.8) is 0 Å². The molecule has 0 aliphatic rings. The first-order chi connectivity index (χ1) is 10.7. The van der Waals surface area contributed by atoms with E-state index in [1.54, 1.807) is 0 Å². The summed E-state index contributed by atoms with van der Waals surface area (Å²) in [7, 11) is -1.76. The minimum atomic E-state index is -1.76. The SMILES string of the molecule is CC(C)(C)[Si](C)(C)OCc1ccc(N)c(OCCOCCN)c1. The molecule has 0 saturated carbocycles. The molecule has 0 amide bonds. The van der Waals surface area contributed by atoms with Gasteiger partial charge < -0.3 is 25.4 Å². The van der Waals surface area contributed by atoms with E-state index < -0.39 is 8.32 Å². The van der Waals surface area contributed by atoms with Gasteiger partial charge in [-0.1, -0.05) is 26.8 Å². The minimum Gasteiger partial charge on any atom is -0.489 e. The predicted molar refractivity (Wildman–Crippen MR) is 98.2 cm³/mol. The number of nitrogen functional groups attached to an aromatic ring is 1. The molecule has 23 heavy (non-hydrogen) atoms. The lowest BCUT2D eigenvalue weighted by Gasteiger charge is -2.36. The largest absolute Gasteiger partial charge is 0.489 e. The molecule has 132 valence electrons. The summed E-state index contributed by atoms with van der Waals surface area (Å²) in [6.07, 6.45) is 0. The van der Waals surface area contributed by atoms with Crippen molar-refractivity contribution in [2.75, 3.05) is 32.1 Å². The fourth-order valence-electron chi connectivity index (χ4n) is 1.67. The Morgan fingerprint density at radius 3 is 2.39 bits per heavy atom. The van der Waals surface area contributed by atoms with E-state index in [0.717, 1.165) is 5.56 Å². The second-order valence-corrected chi connectivity index (χ2v) is 12.0. The van der Waals surface area contributed by atoms with Crippen molar-refractivity contribution in [3.8, 4) is 5.75 Å². The second-order valence-electron chi connectivity index (χ2n) is 7.17. The molecule has 5 nitrogen and oxygen atoms in total. The lowest BCUT2D eigenvalue weighted by molar-refractivity contribution is 0.106. The maximum absolute atomic E-state index is 6.24. The normalized spacial score (nSPS) is 12.4. The van der Waals surface area contributed by atoms with Gasteiger partial charge in [0, 0.05) is 6.54 Å². The third-order valence-electron chi connectivity index (χ3n) is 4.23. The van der Waals surface area contributed by atoms with Crippen molar-refractivity contribution in [3.05, 3.63) is 23.8 Å². The van der Waals surface area contributed by atoms with Crippen molar-refractivity contribution in [2.45, 2.75) is 45.5 Å². The summed E-state index contributed by atoms with van der Waals surface area (Å²) < 4.78 is 17.2. The van der Waals surface area contributed by atoms with Gasteiger partial charge >= 0.3 is 0 Å². The molecule has 0 saturated heterocycles. The topological polar surface area (TPSA) is 79.7 Å². The first kappa shape index (κ1) is 20.0. The van der Waals surface area contributed by atoms with Crippen LogP contribution in [-0.4, -0.2) is 34.7 Å². The van der Waals surface area contributed by atoms with E-state index in [9.17, 15) is 0 Å². The molecular weight excluding hydrogens is 308 g/mol. The van der Waals surface area contributed by atoms with E-state index in [0.29, 0.717) is 44.4 Å². The Bertz CT molecular complexity index is 487. The number of ether oxygens (including phenoxy) is 2. The van der Waals surface area contributed by atoms with Crippen LogP contribution in [0.3, 0.4) is 0 Å². The molecule has 0 heterocycles. The fraction of sp³-hybridized carbons (Fsp3) is 0.647. The summed E-state index contributed by atoms with van der Waals surface area (Å²) in [5.41, 5.74) is 13.0. The Kier molecular flexibility index (Phi) is 7.53. The van der Waals surface area contributed by atoms with Crippen LogP contribution in [0.25, 0.3) is 0 Å². The van der Waals surface area contributed by atoms with Gasteiger partial charge in [0.15, 0.2) is 8.32 Å². The molecule has 0 unspecified atom stereocenters. The summed E-state index contributed by atoms with van der Waals surface area (Å²) in [6, 6.07) is 5.80. The number of hydrogen-bond donors (Lipinski definition) is 2. The molecule has 0 spiro atoms. The predicted octanol–water partition coefficient (Wildman–Crippen LogP) is 3.14. The average molecular weight is 341 g/mol. The molecule has 6 heteroatoms. The van der Waals surface area contributed by atoms with Gasteiger partial charge in [-0.2, -0.15) is 0 Å². The highest BCUT2D eigenvalue weighted by molar-refractivity contribution is 6.74. The molecule has 0 bridgehead atoms. The number of hydrogen-bond acceptors (Lipinski definition) is 5. The molecule has 1 aromatic rings. The summed E-state index contributed by atoms with van der Waals surface area (Å²) in [6.45, 7) is 13.8. The van der Waals surface area contributed by atoms with E-state index in [1.807, 2.05) is 18.2 Å². The molecule has 0 aromatic heterocycles. The van der Waals surface area contributed by atoms with E-state index in [4.69, 9.17) is 25.4 Å². The third kappa shape index (κ3) is 6.51. The number of rotatable bonds is 9. The summed E-state index contributed by atoms with van der Waals surface area (Å²) in [5, 5.41) is 0.195. The molecule has 0 radical (unpaired) electrons. The van der Waals surface area contributed by atoms with Crippen LogP contribution in [0.2, 0.25) is 18.1 Å². The molecule has 4 N–H and O–H groups in total. The Morgan fingerprint density at radius 1 is 1.09 bits per heavy atom. The van der Waals surface area contributed by atoms with Crippen molar-refractivity contribution < 1.29 is 13.9 Å². The maximum atomic E-state index is 6.24. The summed E-state index contributed by atoms with van der Waals surface area (Å²) in [4.78, 5) is 0. The molecule has 0 aliphatic heterocycles. The second kappa shape index (κ2) is 8.68. The molecule has 1 aromatic carbocycles. The molecule has 0 aliphatic carbocycles. The third-order valence-corrected chi connectivity index (χ3v) is 8.71. The minimum absolute atomic E-state index is 0.195. The van der Waals surface area contributed by atoms with Crippen molar-refractivity contribution in [1.82, 2.24) is 0 Å². The number of benzene rings is 1. The Balaban J connectivity index is 2.59. The van der Waals surface area contributed by atoms with Gasteiger partial charge in [-0.3, -0.25) is 0 Å². The highest BCUT2D eigenvalue weighted by Crippen LogP contribution is 2.37. The van der Waals surface area contributed by atoms with Crippen molar-refractivity contribution in [1.29, 1.82) is 0 Å². The highest BCUT2D eigenvalue weighted by atomic mass is 28.4. The van der Waals surface area contributed by atoms with E-state index in [2.05, 4.69) is 33.9 Å².